The Morgan fingerprint density at radius 2 is 1.66 bits per heavy atom. The van der Waals surface area contributed by atoms with Gasteiger partial charge in [-0.1, -0.05) is 85.0 Å². The fourth-order valence-electron chi connectivity index (χ4n) is 7.48. The molecule has 10 heteroatoms. The molecule has 2 aromatic rings. The van der Waals surface area contributed by atoms with E-state index < -0.39 is 47.7 Å². The van der Waals surface area contributed by atoms with Crippen molar-refractivity contribution in [2.45, 2.75) is 69.0 Å². The molecule has 0 aliphatic carbocycles. The van der Waals surface area contributed by atoms with Gasteiger partial charge in [-0.3, -0.25) is 19.2 Å². The number of aliphatic hydroxyl groups is 1. The average molecular weight is 642 g/mol. The topological polar surface area (TPSA) is 117 Å². The van der Waals surface area contributed by atoms with Gasteiger partial charge in [0.1, 0.15) is 23.7 Å². The number of unbranched alkanes of at least 4 members (excludes halogenated alkanes) is 1. The largest absolute Gasteiger partial charge is 0.455 e. The maximum absolute atomic E-state index is 14.7. The number of nitrogens with zero attached hydrogens (tertiary/aromatic N) is 3. The van der Waals surface area contributed by atoms with E-state index in [2.05, 4.69) is 0 Å². The van der Waals surface area contributed by atoms with E-state index in [0.717, 1.165) is 11.1 Å². The van der Waals surface area contributed by atoms with Crippen molar-refractivity contribution in [3.8, 4) is 0 Å². The lowest BCUT2D eigenvalue weighted by molar-refractivity contribution is -0.164. The lowest BCUT2D eigenvalue weighted by Gasteiger charge is -2.36. The molecule has 0 unspecified atom stereocenters. The number of hydrogen-bond donors (Lipinski definition) is 1. The molecule has 1 N–H and O–H groups in total. The monoisotopic (exact) mass is 641 g/mol. The number of likely N-dealkylation sites (tertiary alicyclic amines) is 1. The Morgan fingerprint density at radius 1 is 0.936 bits per heavy atom. The second-order valence-corrected chi connectivity index (χ2v) is 12.9. The Bertz CT molecular complexity index is 1530. The summed E-state index contributed by atoms with van der Waals surface area (Å²) >= 11 is 0. The first kappa shape index (κ1) is 32.7. The van der Waals surface area contributed by atoms with Crippen LogP contribution in [0.4, 0.5) is 0 Å². The molecule has 3 amide bonds. The molecule has 0 radical (unpaired) electrons. The number of allylic oxidation sites excluding steroid dienone is 1. The maximum atomic E-state index is 14.7. The molecule has 7 atom stereocenters. The van der Waals surface area contributed by atoms with Crippen molar-refractivity contribution >= 4 is 23.7 Å². The van der Waals surface area contributed by atoms with Crippen molar-refractivity contribution in [3.05, 3.63) is 96.1 Å². The minimum atomic E-state index is -1.34. The summed E-state index contributed by atoms with van der Waals surface area (Å²) in [6.45, 7) is 2.62. The molecule has 10 nitrogen and oxygen atoms in total. The molecule has 0 saturated carbocycles. The summed E-state index contributed by atoms with van der Waals surface area (Å²) in [5.74, 6) is -3.24. The minimum absolute atomic E-state index is 0.0381. The molecule has 2 fully saturated rings. The van der Waals surface area contributed by atoms with Gasteiger partial charge in [0.05, 0.1) is 18.1 Å². The molecule has 4 aliphatic rings. The van der Waals surface area contributed by atoms with Crippen molar-refractivity contribution in [2.24, 2.45) is 11.8 Å². The number of cyclic esters (lactones) is 1. The predicted octanol–water partition coefficient (Wildman–Crippen LogP) is 3.42. The number of ether oxygens (including phenoxy) is 2. The minimum Gasteiger partial charge on any atom is -0.455 e. The standard InChI is InChI=1S/C37H43N3O7/c1-25-32(27-16-8-4-9-17-27)46-36(45)30-28-19-20-37(47-28)31(30)34(43)40(22-12-13-23-41)33(37)35(44)39(24-26-14-6-3-7-15-26)21-11-5-10-18-29(42)38(25)2/h3-9,11,14-17,19-20,25,28,30-33,41H,10,12-13,18,21-24H2,1-2H3/b11-5-/t25-,28+,30-,31-,32+,33+,37-/m0/s1. The van der Waals surface area contributed by atoms with E-state index in [-0.39, 0.29) is 43.8 Å². The SMILES string of the molecule is C[C@H]1[C@H](c2ccccc2)OC(=O)[C@@H]2[C@H]3C(=O)N(CCCCO)[C@H](C(=O)N(Cc4ccccc4)C/C=C\CCC(=O)N1C)[C@]31C=C[C@H]2O1. The van der Waals surface area contributed by atoms with E-state index in [4.69, 9.17) is 9.47 Å². The molecule has 0 aromatic heterocycles. The van der Waals surface area contributed by atoms with Crippen LogP contribution >= 0.6 is 0 Å². The van der Waals surface area contributed by atoms with E-state index in [0.29, 0.717) is 25.8 Å². The molecule has 248 valence electrons. The van der Waals surface area contributed by atoms with Crippen LogP contribution in [0.3, 0.4) is 0 Å². The highest BCUT2D eigenvalue weighted by Crippen LogP contribution is 2.56. The van der Waals surface area contributed by atoms with Crippen molar-refractivity contribution in [2.75, 3.05) is 26.7 Å². The fraction of sp³-hybridized carbons (Fsp3) is 0.459. The second kappa shape index (κ2) is 13.8. The number of fused-ring (bicyclic) bond motifs is 2. The molecule has 2 aromatic carbocycles. The normalized spacial score (nSPS) is 31.8. The molecule has 2 saturated heterocycles. The fourth-order valence-corrected chi connectivity index (χ4v) is 7.48. The summed E-state index contributed by atoms with van der Waals surface area (Å²) in [5, 5.41) is 9.51. The first-order valence-electron chi connectivity index (χ1n) is 16.5. The van der Waals surface area contributed by atoms with Crippen LogP contribution in [0.2, 0.25) is 0 Å². The van der Waals surface area contributed by atoms with Crippen molar-refractivity contribution in [1.29, 1.82) is 0 Å². The highest BCUT2D eigenvalue weighted by Gasteiger charge is 2.73. The third kappa shape index (κ3) is 6.12. The number of esters is 1. The van der Waals surface area contributed by atoms with Gasteiger partial charge in [0.2, 0.25) is 17.7 Å². The second-order valence-electron chi connectivity index (χ2n) is 12.9. The molecule has 4 aliphatic heterocycles. The number of benzene rings is 2. The first-order valence-corrected chi connectivity index (χ1v) is 16.5. The third-order valence-electron chi connectivity index (χ3n) is 10.0. The Kier molecular flexibility index (Phi) is 9.61. The summed E-state index contributed by atoms with van der Waals surface area (Å²) in [7, 11) is 1.71. The lowest BCUT2D eigenvalue weighted by atomic mass is 9.74. The van der Waals surface area contributed by atoms with E-state index in [1.807, 2.05) is 79.7 Å². The molecule has 47 heavy (non-hydrogen) atoms. The summed E-state index contributed by atoms with van der Waals surface area (Å²) in [6, 6.07) is 17.4. The number of amides is 3. The van der Waals surface area contributed by atoms with Gasteiger partial charge in [0, 0.05) is 39.7 Å². The van der Waals surface area contributed by atoms with E-state index in [1.54, 1.807) is 33.9 Å². The predicted molar refractivity (Wildman–Crippen MR) is 173 cm³/mol. The number of aliphatic hydroxyl groups excluding tert-OH is 1. The van der Waals surface area contributed by atoms with Crippen LogP contribution in [0.25, 0.3) is 0 Å². The Balaban J connectivity index is 1.42. The van der Waals surface area contributed by atoms with E-state index >= 15 is 0 Å². The Hall–Kier alpha value is -4.28. The maximum Gasteiger partial charge on any atom is 0.313 e. The van der Waals surface area contributed by atoms with Gasteiger partial charge in [-0.15, -0.1) is 0 Å². The van der Waals surface area contributed by atoms with E-state index in [9.17, 15) is 24.3 Å². The summed E-state index contributed by atoms with van der Waals surface area (Å²) in [6.07, 6.45) is 7.52. The molecule has 4 heterocycles. The van der Waals surface area contributed by atoms with Gasteiger partial charge >= 0.3 is 5.97 Å². The number of carbonyl (C=O) groups excluding carboxylic acids is 4. The molecular formula is C37H43N3O7. The van der Waals surface area contributed by atoms with Gasteiger partial charge in [-0.2, -0.15) is 0 Å². The lowest BCUT2D eigenvalue weighted by Crippen LogP contribution is -2.55. The molecular weight excluding hydrogens is 598 g/mol. The van der Waals surface area contributed by atoms with Crippen molar-refractivity contribution in [1.82, 2.24) is 14.7 Å². The highest BCUT2D eigenvalue weighted by molar-refractivity contribution is 5.99. The van der Waals surface area contributed by atoms with Crippen LogP contribution in [-0.4, -0.2) is 94.0 Å². The molecule has 6 rings (SSSR count). The van der Waals surface area contributed by atoms with Crippen LogP contribution in [0.1, 0.15) is 49.8 Å². The van der Waals surface area contributed by atoms with Gasteiger partial charge in [-0.05, 0) is 37.3 Å². The van der Waals surface area contributed by atoms with Crippen LogP contribution in [-0.2, 0) is 35.2 Å². The average Bonchev–Trinajstić information content (AvgIpc) is 3.73. The van der Waals surface area contributed by atoms with Crippen LogP contribution in [0.15, 0.2) is 85.0 Å². The first-order chi connectivity index (χ1) is 22.8. The zero-order valence-electron chi connectivity index (χ0n) is 26.9. The molecule has 5 bridgehead atoms. The van der Waals surface area contributed by atoms with Crippen LogP contribution in [0, 0.1) is 11.8 Å². The third-order valence-corrected chi connectivity index (χ3v) is 10.0. The van der Waals surface area contributed by atoms with Gasteiger partial charge in [-0.25, -0.2) is 0 Å². The Labute approximate surface area is 275 Å². The quantitative estimate of drug-likeness (QED) is 0.280. The van der Waals surface area contributed by atoms with Gasteiger partial charge in [0.15, 0.2) is 0 Å². The van der Waals surface area contributed by atoms with Gasteiger partial charge in [0.25, 0.3) is 0 Å². The summed E-state index contributed by atoms with van der Waals surface area (Å²) in [4.78, 5) is 61.6. The number of hydrogen-bond acceptors (Lipinski definition) is 7. The van der Waals surface area contributed by atoms with Crippen LogP contribution in [0.5, 0.6) is 0 Å². The summed E-state index contributed by atoms with van der Waals surface area (Å²) < 4.78 is 12.8. The van der Waals surface area contributed by atoms with Crippen LogP contribution < -0.4 is 0 Å². The zero-order chi connectivity index (χ0) is 33.1. The van der Waals surface area contributed by atoms with Gasteiger partial charge < -0.3 is 29.3 Å². The molecule has 1 spiro atoms. The number of likely N-dealkylation sites (N-methyl/N-ethyl adjacent to an activating group) is 1. The van der Waals surface area contributed by atoms with Crippen molar-refractivity contribution in [3.63, 3.8) is 0 Å². The smallest absolute Gasteiger partial charge is 0.313 e. The number of carbonyl (C=O) groups is 4. The van der Waals surface area contributed by atoms with Crippen molar-refractivity contribution < 1.29 is 33.8 Å². The summed E-state index contributed by atoms with van der Waals surface area (Å²) in [5.41, 5.74) is 0.319. The number of rotatable bonds is 7. The Morgan fingerprint density at radius 3 is 2.38 bits per heavy atom. The van der Waals surface area contributed by atoms with E-state index in [1.165, 1.54) is 0 Å². The highest BCUT2D eigenvalue weighted by atomic mass is 16.6. The zero-order valence-corrected chi connectivity index (χ0v) is 26.9.